The topological polar surface area (TPSA) is 71.7 Å². The first-order valence-electron chi connectivity index (χ1n) is 4.95. The standard InChI is InChI=1S/C11H13NO4/c1-16-10-4-8-9(15)2-3-12(11(8)10)5-7(14)6-13/h2-4,7,13-14H,5-6H2,1H3. The molecule has 0 radical (unpaired) electrons. The summed E-state index contributed by atoms with van der Waals surface area (Å²) in [5.41, 5.74) is 1.21. The highest BCUT2D eigenvalue weighted by molar-refractivity contribution is 5.90. The Labute approximate surface area is 92.2 Å². The molecular weight excluding hydrogens is 210 g/mol. The molecule has 0 spiro atoms. The number of aliphatic hydroxyl groups excluding tert-OH is 2. The van der Waals surface area contributed by atoms with E-state index in [1.807, 2.05) is 0 Å². The lowest BCUT2D eigenvalue weighted by Crippen LogP contribution is -2.27. The summed E-state index contributed by atoms with van der Waals surface area (Å²) in [7, 11) is 1.53. The lowest BCUT2D eigenvalue weighted by molar-refractivity contribution is 0.0806. The van der Waals surface area contributed by atoms with Crippen molar-refractivity contribution in [2.75, 3.05) is 13.7 Å². The smallest absolute Gasteiger partial charge is 0.189 e. The minimum atomic E-state index is -0.842. The van der Waals surface area contributed by atoms with Gasteiger partial charge in [0, 0.05) is 12.3 Å². The van der Waals surface area contributed by atoms with Gasteiger partial charge in [0.05, 0.1) is 37.6 Å². The zero-order valence-corrected chi connectivity index (χ0v) is 8.88. The maximum Gasteiger partial charge on any atom is 0.189 e. The van der Waals surface area contributed by atoms with Crippen molar-refractivity contribution in [2.24, 2.45) is 0 Å². The van der Waals surface area contributed by atoms with E-state index in [2.05, 4.69) is 0 Å². The number of ether oxygens (including phenoxy) is 1. The zero-order chi connectivity index (χ0) is 11.7. The molecule has 0 bridgehead atoms. The van der Waals surface area contributed by atoms with Gasteiger partial charge >= 0.3 is 0 Å². The van der Waals surface area contributed by atoms with Gasteiger partial charge in [0.2, 0.25) is 0 Å². The molecule has 1 unspecified atom stereocenters. The molecule has 0 amide bonds. The SMILES string of the molecule is COC1=Cc2c1n(CC(O)CO)ccc2=O. The van der Waals surface area contributed by atoms with E-state index >= 15 is 0 Å². The first kappa shape index (κ1) is 10.9. The van der Waals surface area contributed by atoms with E-state index in [0.29, 0.717) is 17.0 Å². The van der Waals surface area contributed by atoms with Gasteiger partial charge in [-0.1, -0.05) is 0 Å². The summed E-state index contributed by atoms with van der Waals surface area (Å²) in [6.45, 7) is -0.0766. The molecule has 1 aromatic rings. The summed E-state index contributed by atoms with van der Waals surface area (Å²) in [6.07, 6.45) is 2.41. The Morgan fingerprint density at radius 1 is 1.56 bits per heavy atom. The van der Waals surface area contributed by atoms with E-state index in [4.69, 9.17) is 9.84 Å². The second kappa shape index (κ2) is 4.11. The van der Waals surface area contributed by atoms with Crippen LogP contribution in [0, 0.1) is 0 Å². The van der Waals surface area contributed by atoms with Crippen molar-refractivity contribution in [3.8, 4) is 0 Å². The number of fused-ring (bicyclic) bond motifs is 1. The van der Waals surface area contributed by atoms with Crippen molar-refractivity contribution in [3.05, 3.63) is 33.7 Å². The lowest BCUT2D eigenvalue weighted by atomic mass is 10.0. The average molecular weight is 223 g/mol. The number of rotatable bonds is 4. The van der Waals surface area contributed by atoms with Crippen LogP contribution in [-0.2, 0) is 11.3 Å². The number of aromatic nitrogens is 1. The molecule has 5 heteroatoms. The lowest BCUT2D eigenvalue weighted by Gasteiger charge is -2.24. The first-order chi connectivity index (χ1) is 7.67. The van der Waals surface area contributed by atoms with Crippen molar-refractivity contribution in [1.82, 2.24) is 4.57 Å². The van der Waals surface area contributed by atoms with Gasteiger partial charge in [-0.15, -0.1) is 0 Å². The second-order valence-corrected chi connectivity index (χ2v) is 3.64. The summed E-state index contributed by atoms with van der Waals surface area (Å²) in [5.74, 6) is 0.623. The highest BCUT2D eigenvalue weighted by Crippen LogP contribution is 2.29. The Morgan fingerprint density at radius 3 is 2.94 bits per heavy atom. The molecule has 2 N–H and O–H groups in total. The maximum atomic E-state index is 11.4. The third kappa shape index (κ3) is 1.64. The number of methoxy groups -OCH3 is 1. The van der Waals surface area contributed by atoms with Crippen LogP contribution in [0.3, 0.4) is 0 Å². The third-order valence-electron chi connectivity index (χ3n) is 2.56. The minimum Gasteiger partial charge on any atom is -0.495 e. The van der Waals surface area contributed by atoms with Crippen LogP contribution < -0.4 is 5.43 Å². The normalized spacial score (nSPS) is 14.8. The predicted octanol–water partition coefficient (Wildman–Crippen LogP) is -0.341. The Bertz CT molecular complexity index is 489. The molecule has 1 aromatic heterocycles. The number of nitrogens with zero attached hydrogens (tertiary/aromatic N) is 1. The fourth-order valence-corrected chi connectivity index (χ4v) is 1.72. The molecule has 2 rings (SSSR count). The van der Waals surface area contributed by atoms with E-state index < -0.39 is 6.10 Å². The Kier molecular flexibility index (Phi) is 2.80. The second-order valence-electron chi connectivity index (χ2n) is 3.64. The molecule has 5 nitrogen and oxygen atoms in total. The highest BCUT2D eigenvalue weighted by atomic mass is 16.5. The van der Waals surface area contributed by atoms with Gasteiger partial charge in [0.25, 0.3) is 0 Å². The number of hydrogen-bond donors (Lipinski definition) is 2. The quantitative estimate of drug-likeness (QED) is 0.732. The van der Waals surface area contributed by atoms with Crippen LogP contribution in [0.1, 0.15) is 11.3 Å². The van der Waals surface area contributed by atoms with Crippen LogP contribution in [0.25, 0.3) is 11.8 Å². The van der Waals surface area contributed by atoms with Crippen LogP contribution in [0.15, 0.2) is 17.1 Å². The van der Waals surface area contributed by atoms with E-state index in [-0.39, 0.29) is 18.6 Å². The van der Waals surface area contributed by atoms with Crippen molar-refractivity contribution in [3.63, 3.8) is 0 Å². The maximum absolute atomic E-state index is 11.4. The molecule has 0 aromatic carbocycles. The van der Waals surface area contributed by atoms with Gasteiger partial charge in [0.1, 0.15) is 5.76 Å². The van der Waals surface area contributed by atoms with Gasteiger partial charge < -0.3 is 19.5 Å². The molecule has 0 saturated carbocycles. The van der Waals surface area contributed by atoms with E-state index in [1.165, 1.54) is 13.2 Å². The largest absolute Gasteiger partial charge is 0.495 e. The fraction of sp³-hybridized carbons (Fsp3) is 0.364. The molecule has 1 heterocycles. The molecule has 1 aliphatic carbocycles. The molecule has 86 valence electrons. The Hall–Kier alpha value is -1.59. The van der Waals surface area contributed by atoms with Gasteiger partial charge in [0.15, 0.2) is 5.43 Å². The molecule has 0 fully saturated rings. The van der Waals surface area contributed by atoms with Crippen molar-refractivity contribution in [2.45, 2.75) is 12.6 Å². The zero-order valence-electron chi connectivity index (χ0n) is 8.88. The number of hydrogen-bond acceptors (Lipinski definition) is 4. The van der Waals surface area contributed by atoms with E-state index in [9.17, 15) is 9.90 Å². The van der Waals surface area contributed by atoms with Gasteiger partial charge in [-0.3, -0.25) is 4.79 Å². The highest BCUT2D eigenvalue weighted by Gasteiger charge is 2.23. The summed E-state index contributed by atoms with van der Waals surface area (Å²) in [6, 6.07) is 1.44. The Morgan fingerprint density at radius 2 is 2.31 bits per heavy atom. The van der Waals surface area contributed by atoms with Crippen LogP contribution in [-0.4, -0.2) is 34.6 Å². The monoisotopic (exact) mass is 223 g/mol. The summed E-state index contributed by atoms with van der Waals surface area (Å²) >= 11 is 0. The summed E-state index contributed by atoms with van der Waals surface area (Å²) in [5, 5.41) is 18.2. The van der Waals surface area contributed by atoms with Crippen LogP contribution in [0.4, 0.5) is 0 Å². The number of aliphatic hydroxyl groups is 2. The van der Waals surface area contributed by atoms with Gasteiger partial charge in [-0.2, -0.15) is 0 Å². The predicted molar refractivity (Wildman–Crippen MR) is 58.7 cm³/mol. The summed E-state index contributed by atoms with van der Waals surface area (Å²) in [4.78, 5) is 11.4. The van der Waals surface area contributed by atoms with E-state index in [1.54, 1.807) is 16.8 Å². The fourth-order valence-electron chi connectivity index (χ4n) is 1.72. The molecule has 1 aliphatic rings. The van der Waals surface area contributed by atoms with Gasteiger partial charge in [-0.25, -0.2) is 0 Å². The van der Waals surface area contributed by atoms with Crippen LogP contribution in [0.2, 0.25) is 0 Å². The van der Waals surface area contributed by atoms with Crippen molar-refractivity contribution >= 4 is 11.8 Å². The minimum absolute atomic E-state index is 0.0643. The molecule has 1 atom stereocenters. The van der Waals surface area contributed by atoms with Crippen molar-refractivity contribution < 1.29 is 14.9 Å². The van der Waals surface area contributed by atoms with Crippen molar-refractivity contribution in [1.29, 1.82) is 0 Å². The average Bonchev–Trinajstić information content (AvgIpc) is 2.23. The first-order valence-corrected chi connectivity index (χ1v) is 4.95. The van der Waals surface area contributed by atoms with Crippen LogP contribution in [0.5, 0.6) is 0 Å². The third-order valence-corrected chi connectivity index (χ3v) is 2.56. The van der Waals surface area contributed by atoms with E-state index in [0.717, 1.165) is 0 Å². The summed E-state index contributed by atoms with van der Waals surface area (Å²) < 4.78 is 6.79. The molecule has 0 aliphatic heterocycles. The molecule has 0 saturated heterocycles. The molecular formula is C11H13NO4. The number of pyridine rings is 1. The van der Waals surface area contributed by atoms with Crippen LogP contribution >= 0.6 is 0 Å². The molecule has 16 heavy (non-hydrogen) atoms. The van der Waals surface area contributed by atoms with Gasteiger partial charge in [-0.05, 0) is 6.08 Å². The Balaban J connectivity index is 2.36.